The lowest BCUT2D eigenvalue weighted by molar-refractivity contribution is 0.107. The Kier molecular flexibility index (Phi) is 4.82. The second kappa shape index (κ2) is 6.60. The maximum Gasteiger partial charge on any atom is 0.158 e. The van der Waals surface area contributed by atoms with E-state index in [1.165, 1.54) is 0 Å². The minimum Gasteiger partial charge on any atom is -0.395 e. The Bertz CT molecular complexity index is 349. The van der Waals surface area contributed by atoms with Gasteiger partial charge in [-0.1, -0.05) is 0 Å². The summed E-state index contributed by atoms with van der Waals surface area (Å²) in [6.07, 6.45) is 3.38. The van der Waals surface area contributed by atoms with E-state index in [0.29, 0.717) is 5.82 Å². The highest BCUT2D eigenvalue weighted by molar-refractivity contribution is 5.28. The van der Waals surface area contributed by atoms with E-state index in [4.69, 9.17) is 10.9 Å². The molecule has 4 N–H and O–H groups in total. The van der Waals surface area contributed by atoms with Gasteiger partial charge in [-0.2, -0.15) is 0 Å². The van der Waals surface area contributed by atoms with Gasteiger partial charge in [-0.3, -0.25) is 14.8 Å². The molecule has 18 heavy (non-hydrogen) atoms. The summed E-state index contributed by atoms with van der Waals surface area (Å²) in [4.78, 5) is 13.0. The number of hydrogen-bond donors (Lipinski definition) is 3. The maximum absolute atomic E-state index is 8.88. The highest BCUT2D eigenvalue weighted by atomic mass is 16.3. The Balaban J connectivity index is 1.80. The summed E-state index contributed by atoms with van der Waals surface area (Å²) in [6, 6.07) is 0. The number of piperazine rings is 1. The summed E-state index contributed by atoms with van der Waals surface area (Å²) in [5.74, 6) is 5.81. The van der Waals surface area contributed by atoms with Crippen LogP contribution in [0.5, 0.6) is 0 Å². The van der Waals surface area contributed by atoms with Crippen LogP contribution in [0.2, 0.25) is 0 Å². The number of nitrogen functional groups attached to an aromatic ring is 1. The van der Waals surface area contributed by atoms with Crippen LogP contribution in [0.3, 0.4) is 0 Å². The van der Waals surface area contributed by atoms with Crippen LogP contribution in [-0.2, 0) is 6.54 Å². The van der Waals surface area contributed by atoms with Crippen molar-refractivity contribution in [3.05, 3.63) is 18.1 Å². The van der Waals surface area contributed by atoms with Crippen molar-refractivity contribution in [2.45, 2.75) is 6.54 Å². The fourth-order valence-corrected chi connectivity index (χ4v) is 2.05. The number of hydrazine groups is 1. The second-order valence-corrected chi connectivity index (χ2v) is 4.38. The fraction of sp³-hybridized carbons (Fsp3) is 0.636. The molecule has 0 spiro atoms. The normalized spacial score (nSPS) is 17.9. The summed E-state index contributed by atoms with van der Waals surface area (Å²) >= 11 is 0. The Morgan fingerprint density at radius 2 is 1.89 bits per heavy atom. The number of β-amino-alcohol motifs (C(OH)–C–C–N with tert-alkyl or cyclic N) is 1. The fourth-order valence-electron chi connectivity index (χ4n) is 2.05. The molecule has 0 aromatic carbocycles. The molecule has 1 aliphatic rings. The first-order chi connectivity index (χ1) is 8.81. The highest BCUT2D eigenvalue weighted by Crippen LogP contribution is 2.07. The van der Waals surface area contributed by atoms with Gasteiger partial charge >= 0.3 is 0 Å². The first-order valence-corrected chi connectivity index (χ1v) is 6.15. The topological polar surface area (TPSA) is 90.5 Å². The molecule has 1 aromatic rings. The molecule has 1 aromatic heterocycles. The Morgan fingerprint density at radius 1 is 1.17 bits per heavy atom. The number of rotatable bonds is 5. The molecule has 1 fully saturated rings. The van der Waals surface area contributed by atoms with Crippen molar-refractivity contribution >= 4 is 5.82 Å². The molecule has 0 radical (unpaired) electrons. The van der Waals surface area contributed by atoms with E-state index in [2.05, 4.69) is 25.2 Å². The predicted molar refractivity (Wildman–Crippen MR) is 68.6 cm³/mol. The molecule has 1 aliphatic heterocycles. The van der Waals surface area contributed by atoms with Gasteiger partial charge in [0.1, 0.15) is 0 Å². The average Bonchev–Trinajstić information content (AvgIpc) is 2.42. The van der Waals surface area contributed by atoms with E-state index in [9.17, 15) is 0 Å². The summed E-state index contributed by atoms with van der Waals surface area (Å²) in [7, 11) is 0. The van der Waals surface area contributed by atoms with Gasteiger partial charge < -0.3 is 10.5 Å². The molecule has 0 amide bonds. The summed E-state index contributed by atoms with van der Waals surface area (Å²) in [6.45, 7) is 5.80. The molecule has 0 aliphatic carbocycles. The van der Waals surface area contributed by atoms with Crippen molar-refractivity contribution < 1.29 is 5.11 Å². The number of nitrogens with one attached hydrogen (secondary N) is 1. The van der Waals surface area contributed by atoms with Gasteiger partial charge in [0.25, 0.3) is 0 Å². The average molecular weight is 252 g/mol. The zero-order valence-electron chi connectivity index (χ0n) is 10.4. The maximum atomic E-state index is 8.88. The summed E-state index contributed by atoms with van der Waals surface area (Å²) < 4.78 is 0. The van der Waals surface area contributed by atoms with Crippen LogP contribution in [0.1, 0.15) is 5.69 Å². The van der Waals surface area contributed by atoms with Crippen molar-refractivity contribution in [3.8, 4) is 0 Å². The number of nitrogens with two attached hydrogens (primary N) is 1. The van der Waals surface area contributed by atoms with Gasteiger partial charge in [-0.25, -0.2) is 10.8 Å². The lowest BCUT2D eigenvalue weighted by Gasteiger charge is -2.33. The van der Waals surface area contributed by atoms with Crippen molar-refractivity contribution in [2.24, 2.45) is 5.84 Å². The minimum absolute atomic E-state index is 0.235. The number of aliphatic hydroxyl groups excluding tert-OH is 1. The first-order valence-electron chi connectivity index (χ1n) is 6.15. The minimum atomic E-state index is 0.235. The quantitative estimate of drug-likeness (QED) is 0.451. The predicted octanol–water partition coefficient (Wildman–Crippen LogP) is -1.13. The molecule has 0 unspecified atom stereocenters. The molecule has 0 atom stereocenters. The van der Waals surface area contributed by atoms with Crippen LogP contribution in [0.4, 0.5) is 5.82 Å². The Hall–Kier alpha value is -1.28. The zero-order chi connectivity index (χ0) is 12.8. The molecule has 2 heterocycles. The molecule has 0 bridgehead atoms. The van der Waals surface area contributed by atoms with E-state index < -0.39 is 0 Å². The largest absolute Gasteiger partial charge is 0.395 e. The van der Waals surface area contributed by atoms with Gasteiger partial charge in [0.05, 0.1) is 24.7 Å². The van der Waals surface area contributed by atoms with Crippen LogP contribution in [-0.4, -0.2) is 64.2 Å². The van der Waals surface area contributed by atoms with E-state index in [1.807, 2.05) is 0 Å². The molecule has 7 heteroatoms. The van der Waals surface area contributed by atoms with Crippen LogP contribution in [0.25, 0.3) is 0 Å². The SMILES string of the molecule is NNc1cnc(CN2CCN(CCO)CC2)cn1. The number of nitrogens with zero attached hydrogens (tertiary/aromatic N) is 4. The second-order valence-electron chi connectivity index (χ2n) is 4.38. The van der Waals surface area contributed by atoms with Crippen LogP contribution in [0, 0.1) is 0 Å². The molecule has 1 saturated heterocycles. The highest BCUT2D eigenvalue weighted by Gasteiger charge is 2.16. The van der Waals surface area contributed by atoms with Crippen molar-refractivity contribution in [1.82, 2.24) is 19.8 Å². The third-order valence-corrected chi connectivity index (χ3v) is 3.12. The van der Waals surface area contributed by atoms with Crippen molar-refractivity contribution in [3.63, 3.8) is 0 Å². The zero-order valence-corrected chi connectivity index (χ0v) is 10.4. The van der Waals surface area contributed by atoms with Crippen LogP contribution >= 0.6 is 0 Å². The van der Waals surface area contributed by atoms with Crippen LogP contribution in [0.15, 0.2) is 12.4 Å². The Labute approximate surface area is 107 Å². The van der Waals surface area contributed by atoms with E-state index in [-0.39, 0.29) is 6.61 Å². The lowest BCUT2D eigenvalue weighted by Crippen LogP contribution is -2.46. The molecular formula is C11H20N6O. The standard InChI is InChI=1S/C11H20N6O/c12-15-11-8-13-10(7-14-11)9-17-3-1-16(2-4-17)5-6-18/h7-8,18H,1-6,9,12H2,(H,14,15). The number of hydrogen-bond acceptors (Lipinski definition) is 7. The van der Waals surface area contributed by atoms with E-state index in [0.717, 1.165) is 45.0 Å². The molecule has 100 valence electrons. The van der Waals surface area contributed by atoms with Gasteiger partial charge in [0.2, 0.25) is 0 Å². The smallest absolute Gasteiger partial charge is 0.158 e. The number of anilines is 1. The van der Waals surface area contributed by atoms with E-state index >= 15 is 0 Å². The molecule has 2 rings (SSSR count). The third kappa shape index (κ3) is 3.61. The van der Waals surface area contributed by atoms with Crippen molar-refractivity contribution in [1.29, 1.82) is 0 Å². The summed E-state index contributed by atoms with van der Waals surface area (Å²) in [5.41, 5.74) is 3.41. The number of aromatic nitrogens is 2. The first kappa shape index (κ1) is 13.2. The molecule has 0 saturated carbocycles. The van der Waals surface area contributed by atoms with E-state index in [1.54, 1.807) is 12.4 Å². The molecule has 7 nitrogen and oxygen atoms in total. The van der Waals surface area contributed by atoms with Gasteiger partial charge in [-0.05, 0) is 0 Å². The summed E-state index contributed by atoms with van der Waals surface area (Å²) in [5, 5.41) is 8.88. The number of aliphatic hydroxyl groups is 1. The monoisotopic (exact) mass is 252 g/mol. The van der Waals surface area contributed by atoms with Gasteiger partial charge in [0.15, 0.2) is 5.82 Å². The Morgan fingerprint density at radius 3 is 2.44 bits per heavy atom. The molecular weight excluding hydrogens is 232 g/mol. The van der Waals surface area contributed by atoms with Gasteiger partial charge in [-0.15, -0.1) is 0 Å². The third-order valence-electron chi connectivity index (χ3n) is 3.12. The lowest BCUT2D eigenvalue weighted by atomic mass is 10.3. The van der Waals surface area contributed by atoms with Gasteiger partial charge in [0, 0.05) is 39.3 Å². The van der Waals surface area contributed by atoms with Crippen LogP contribution < -0.4 is 11.3 Å². The van der Waals surface area contributed by atoms with Crippen molar-refractivity contribution in [2.75, 3.05) is 44.8 Å².